The number of aliphatic hydroxyl groups is 1. The molecule has 180 valence electrons. The maximum Gasteiger partial charge on any atom is 0.227 e. The van der Waals surface area contributed by atoms with Gasteiger partial charge in [-0.15, -0.1) is 0 Å². The number of aromatic nitrogens is 2. The van der Waals surface area contributed by atoms with Gasteiger partial charge in [0.1, 0.15) is 18.5 Å². The second kappa shape index (κ2) is 9.80. The summed E-state index contributed by atoms with van der Waals surface area (Å²) in [7, 11) is 1.59. The zero-order valence-corrected chi connectivity index (χ0v) is 19.9. The summed E-state index contributed by atoms with van der Waals surface area (Å²) < 4.78 is 13.2. The average molecular weight is 472 g/mol. The molecule has 1 amide bonds. The molecule has 4 aromatic rings. The van der Waals surface area contributed by atoms with Crippen LogP contribution < -0.4 is 14.4 Å². The summed E-state index contributed by atoms with van der Waals surface area (Å²) in [4.78, 5) is 19.6. The molecule has 0 radical (unpaired) electrons. The van der Waals surface area contributed by atoms with Gasteiger partial charge in [-0.3, -0.25) is 4.79 Å². The van der Waals surface area contributed by atoms with Crippen molar-refractivity contribution in [3.05, 3.63) is 84.2 Å². The molecule has 2 heterocycles. The Morgan fingerprint density at radius 3 is 2.51 bits per heavy atom. The zero-order chi connectivity index (χ0) is 24.4. The van der Waals surface area contributed by atoms with Crippen LogP contribution in [0.15, 0.2) is 72.8 Å². The van der Waals surface area contributed by atoms with Gasteiger partial charge in [-0.2, -0.15) is 0 Å². The largest absolute Gasteiger partial charge is 0.493 e. The fourth-order valence-corrected chi connectivity index (χ4v) is 4.64. The summed E-state index contributed by atoms with van der Waals surface area (Å²) in [6, 6.07) is 23.2. The van der Waals surface area contributed by atoms with Gasteiger partial charge in [0, 0.05) is 24.6 Å². The number of rotatable bonds is 8. The molecule has 1 fully saturated rings. The van der Waals surface area contributed by atoms with Crippen LogP contribution >= 0.6 is 0 Å². The molecule has 35 heavy (non-hydrogen) atoms. The van der Waals surface area contributed by atoms with Crippen LogP contribution in [0.25, 0.3) is 11.0 Å². The number of imidazole rings is 1. The summed E-state index contributed by atoms with van der Waals surface area (Å²) >= 11 is 0. The summed E-state index contributed by atoms with van der Waals surface area (Å²) in [5.74, 6) is 2.02. The first-order chi connectivity index (χ1) is 17.0. The van der Waals surface area contributed by atoms with E-state index in [4.69, 9.17) is 14.5 Å². The SMILES string of the molecule is COc1ccccc1OC[C@H](O)Cn1c([C@H]2CC(=O)N(c3ccc(C)cc3)C2)nc2ccccc21. The fraction of sp³-hybridized carbons (Fsp3) is 0.286. The number of hydrogen-bond acceptors (Lipinski definition) is 5. The third-order valence-electron chi connectivity index (χ3n) is 6.41. The molecule has 0 unspecified atom stereocenters. The van der Waals surface area contributed by atoms with Crippen molar-refractivity contribution in [2.45, 2.75) is 31.9 Å². The number of nitrogens with zero attached hydrogens (tertiary/aromatic N) is 3. The van der Waals surface area contributed by atoms with E-state index in [1.807, 2.05) is 89.2 Å². The summed E-state index contributed by atoms with van der Waals surface area (Å²) in [6.45, 7) is 2.99. The zero-order valence-electron chi connectivity index (χ0n) is 19.9. The van der Waals surface area contributed by atoms with Crippen molar-refractivity contribution in [1.29, 1.82) is 0 Å². The second-order valence-electron chi connectivity index (χ2n) is 8.93. The van der Waals surface area contributed by atoms with E-state index in [-0.39, 0.29) is 18.4 Å². The first-order valence-corrected chi connectivity index (χ1v) is 11.8. The van der Waals surface area contributed by atoms with Crippen LogP contribution in [0.1, 0.15) is 23.7 Å². The first-order valence-electron chi connectivity index (χ1n) is 11.8. The molecule has 2 atom stereocenters. The molecule has 1 aliphatic heterocycles. The molecule has 3 aromatic carbocycles. The number of amides is 1. The number of aryl methyl sites for hydroxylation is 1. The van der Waals surface area contributed by atoms with Crippen molar-refractivity contribution < 1.29 is 19.4 Å². The molecule has 0 bridgehead atoms. The summed E-state index contributed by atoms with van der Waals surface area (Å²) in [5.41, 5.74) is 3.83. The van der Waals surface area contributed by atoms with Crippen LogP contribution in [-0.2, 0) is 11.3 Å². The Balaban J connectivity index is 1.37. The lowest BCUT2D eigenvalue weighted by molar-refractivity contribution is -0.117. The third kappa shape index (κ3) is 4.72. The van der Waals surface area contributed by atoms with Crippen LogP contribution in [-0.4, -0.2) is 46.9 Å². The molecular formula is C28H29N3O4. The molecule has 0 saturated carbocycles. The van der Waals surface area contributed by atoms with E-state index in [2.05, 4.69) is 0 Å². The number of carbonyl (C=O) groups excluding carboxylic acids is 1. The second-order valence-corrected chi connectivity index (χ2v) is 8.93. The summed E-state index contributed by atoms with van der Waals surface area (Å²) in [6.07, 6.45) is -0.396. The molecule has 1 N–H and O–H groups in total. The van der Waals surface area contributed by atoms with E-state index >= 15 is 0 Å². The van der Waals surface area contributed by atoms with Gasteiger partial charge < -0.3 is 24.0 Å². The Morgan fingerprint density at radius 2 is 1.74 bits per heavy atom. The Hall–Kier alpha value is -3.84. The summed E-state index contributed by atoms with van der Waals surface area (Å²) in [5, 5.41) is 10.9. The van der Waals surface area contributed by atoms with Gasteiger partial charge in [0.15, 0.2) is 11.5 Å². The monoisotopic (exact) mass is 471 g/mol. The van der Waals surface area contributed by atoms with E-state index in [1.165, 1.54) is 0 Å². The number of methoxy groups -OCH3 is 1. The fourth-order valence-electron chi connectivity index (χ4n) is 4.64. The smallest absolute Gasteiger partial charge is 0.227 e. The molecule has 0 spiro atoms. The number of benzene rings is 3. The molecule has 5 rings (SSSR count). The average Bonchev–Trinajstić information content (AvgIpc) is 3.44. The predicted molar refractivity (Wildman–Crippen MR) is 135 cm³/mol. The Morgan fingerprint density at radius 1 is 1.03 bits per heavy atom. The van der Waals surface area contributed by atoms with Gasteiger partial charge >= 0.3 is 0 Å². The Kier molecular flexibility index (Phi) is 6.42. The minimum Gasteiger partial charge on any atom is -0.493 e. The lowest BCUT2D eigenvalue weighted by Crippen LogP contribution is -2.26. The van der Waals surface area contributed by atoms with Crippen LogP contribution in [0.5, 0.6) is 11.5 Å². The third-order valence-corrected chi connectivity index (χ3v) is 6.41. The Bertz CT molecular complexity index is 1330. The molecule has 1 saturated heterocycles. The number of hydrogen-bond donors (Lipinski definition) is 1. The first kappa shape index (κ1) is 22.9. The van der Waals surface area contributed by atoms with Crippen LogP contribution in [0.3, 0.4) is 0 Å². The highest BCUT2D eigenvalue weighted by atomic mass is 16.5. The molecule has 7 heteroatoms. The van der Waals surface area contributed by atoms with E-state index in [1.54, 1.807) is 7.11 Å². The standard InChI is InChI=1S/C28H29N3O4/c1-19-11-13-21(14-12-19)30-16-20(15-27(30)33)28-29-23-7-3-4-8-24(23)31(28)17-22(32)18-35-26-10-6-5-9-25(26)34-2/h3-14,20,22,32H,15-18H2,1-2H3/t20-,22+/m0/s1. The maximum absolute atomic E-state index is 12.9. The molecule has 1 aromatic heterocycles. The number of aliphatic hydroxyl groups excluding tert-OH is 1. The minimum absolute atomic E-state index is 0.0708. The minimum atomic E-state index is -0.776. The topological polar surface area (TPSA) is 76.8 Å². The van der Waals surface area contributed by atoms with Crippen molar-refractivity contribution in [2.75, 3.05) is 25.2 Å². The normalized spacial score (nSPS) is 16.6. The number of fused-ring (bicyclic) bond motifs is 1. The highest BCUT2D eigenvalue weighted by molar-refractivity contribution is 5.96. The molecule has 0 aliphatic carbocycles. The van der Waals surface area contributed by atoms with Crippen molar-refractivity contribution in [1.82, 2.24) is 9.55 Å². The van der Waals surface area contributed by atoms with Gasteiger partial charge in [0.2, 0.25) is 5.91 Å². The van der Waals surface area contributed by atoms with Gasteiger partial charge in [-0.05, 0) is 43.3 Å². The number of para-hydroxylation sites is 4. The van der Waals surface area contributed by atoms with E-state index in [9.17, 15) is 9.90 Å². The van der Waals surface area contributed by atoms with Gasteiger partial charge in [-0.25, -0.2) is 4.98 Å². The van der Waals surface area contributed by atoms with Crippen molar-refractivity contribution in [3.8, 4) is 11.5 Å². The van der Waals surface area contributed by atoms with Gasteiger partial charge in [0.25, 0.3) is 0 Å². The van der Waals surface area contributed by atoms with Crippen molar-refractivity contribution >= 4 is 22.6 Å². The molecule has 7 nitrogen and oxygen atoms in total. The van der Waals surface area contributed by atoms with Crippen LogP contribution in [0.4, 0.5) is 5.69 Å². The molecule has 1 aliphatic rings. The quantitative estimate of drug-likeness (QED) is 0.414. The van der Waals surface area contributed by atoms with Crippen LogP contribution in [0.2, 0.25) is 0 Å². The van der Waals surface area contributed by atoms with Crippen molar-refractivity contribution in [2.24, 2.45) is 0 Å². The predicted octanol–water partition coefficient (Wildman–Crippen LogP) is 4.31. The van der Waals surface area contributed by atoms with Crippen LogP contribution in [0, 0.1) is 6.92 Å². The maximum atomic E-state index is 12.9. The number of carbonyl (C=O) groups is 1. The lowest BCUT2D eigenvalue weighted by atomic mass is 10.1. The van der Waals surface area contributed by atoms with Gasteiger partial charge in [0.05, 0.1) is 24.7 Å². The number of ether oxygens (including phenoxy) is 2. The van der Waals surface area contributed by atoms with E-state index in [0.717, 1.165) is 28.1 Å². The van der Waals surface area contributed by atoms with Crippen molar-refractivity contribution in [3.63, 3.8) is 0 Å². The van der Waals surface area contributed by atoms with E-state index < -0.39 is 6.10 Å². The highest BCUT2D eigenvalue weighted by Crippen LogP contribution is 2.33. The lowest BCUT2D eigenvalue weighted by Gasteiger charge is -2.19. The molecular weight excluding hydrogens is 442 g/mol. The highest BCUT2D eigenvalue weighted by Gasteiger charge is 2.35. The Labute approximate surface area is 204 Å². The number of anilines is 1. The van der Waals surface area contributed by atoms with Gasteiger partial charge in [-0.1, -0.05) is 42.0 Å². The van der Waals surface area contributed by atoms with E-state index in [0.29, 0.717) is 31.0 Å².